The highest BCUT2D eigenvalue weighted by atomic mass is 32.2. The van der Waals surface area contributed by atoms with E-state index in [1.165, 1.54) is 12.1 Å². The number of hydrogen-bond acceptors (Lipinski definition) is 4. The van der Waals surface area contributed by atoms with Gasteiger partial charge in [0, 0.05) is 37.4 Å². The van der Waals surface area contributed by atoms with Crippen molar-refractivity contribution in [2.45, 2.75) is 37.0 Å². The molecule has 0 spiro atoms. The third-order valence-corrected chi connectivity index (χ3v) is 6.49. The summed E-state index contributed by atoms with van der Waals surface area (Å²) < 4.78 is 26.7. The summed E-state index contributed by atoms with van der Waals surface area (Å²) in [5.41, 5.74) is 1.23. The second-order valence-electron chi connectivity index (χ2n) is 7.42. The van der Waals surface area contributed by atoms with Crippen molar-refractivity contribution in [1.82, 2.24) is 9.62 Å². The van der Waals surface area contributed by atoms with Crippen LogP contribution in [0.15, 0.2) is 59.5 Å². The minimum Gasteiger partial charge on any atom is -0.326 e. The quantitative estimate of drug-likeness (QED) is 0.608. The molecule has 1 heterocycles. The van der Waals surface area contributed by atoms with Gasteiger partial charge in [-0.1, -0.05) is 31.0 Å². The van der Waals surface area contributed by atoms with Gasteiger partial charge in [-0.05, 0) is 49.2 Å². The van der Waals surface area contributed by atoms with Gasteiger partial charge in [0.05, 0.1) is 4.90 Å². The lowest BCUT2D eigenvalue weighted by Crippen LogP contribution is -2.35. The van der Waals surface area contributed by atoms with E-state index in [0.717, 1.165) is 38.8 Å². The van der Waals surface area contributed by atoms with Gasteiger partial charge in [0.1, 0.15) is 0 Å². The first kappa shape index (κ1) is 22.8. The molecule has 0 unspecified atom stereocenters. The zero-order chi connectivity index (χ0) is 22.1. The third kappa shape index (κ3) is 7.08. The molecule has 1 aliphatic rings. The maximum absolute atomic E-state index is 12.4. The molecule has 0 radical (unpaired) electrons. The van der Waals surface area contributed by atoms with Gasteiger partial charge in [0.25, 0.3) is 0 Å². The van der Waals surface area contributed by atoms with E-state index in [-0.39, 0.29) is 29.8 Å². The van der Waals surface area contributed by atoms with Crippen molar-refractivity contribution in [2.24, 2.45) is 0 Å². The van der Waals surface area contributed by atoms with Gasteiger partial charge in [-0.25, -0.2) is 17.9 Å². The van der Waals surface area contributed by atoms with Crippen LogP contribution in [0.4, 0.5) is 16.2 Å². The Balaban J connectivity index is 1.44. The van der Waals surface area contributed by atoms with Crippen molar-refractivity contribution < 1.29 is 18.0 Å². The maximum atomic E-state index is 12.4. The van der Waals surface area contributed by atoms with Crippen LogP contribution in [-0.4, -0.2) is 44.9 Å². The zero-order valence-corrected chi connectivity index (χ0v) is 18.2. The van der Waals surface area contributed by atoms with Gasteiger partial charge in [0.2, 0.25) is 15.9 Å². The average molecular weight is 445 g/mol. The topological polar surface area (TPSA) is 108 Å². The number of benzene rings is 2. The standard InChI is InChI=1S/C22H28N4O4S/c27-21(14-15-23-31(29,30)20-8-4-3-5-9-20)24-18-10-12-19(13-11-18)25-22(28)26-16-6-1-2-7-17-26/h3-5,8-13,23H,1-2,6-7,14-17H2,(H,24,27)(H,25,28). The van der Waals surface area contributed by atoms with Crippen LogP contribution in [0, 0.1) is 0 Å². The first-order chi connectivity index (χ1) is 14.9. The fourth-order valence-corrected chi connectivity index (χ4v) is 4.37. The summed E-state index contributed by atoms with van der Waals surface area (Å²) in [6.45, 7) is 1.54. The molecule has 2 aromatic rings. The van der Waals surface area contributed by atoms with E-state index in [0.29, 0.717) is 11.4 Å². The summed E-state index contributed by atoms with van der Waals surface area (Å²) in [7, 11) is -3.63. The first-order valence-corrected chi connectivity index (χ1v) is 11.9. The normalized spacial score (nSPS) is 14.5. The number of amides is 3. The lowest BCUT2D eigenvalue weighted by Gasteiger charge is -2.20. The van der Waals surface area contributed by atoms with Gasteiger partial charge in [-0.2, -0.15) is 0 Å². The molecule has 2 aromatic carbocycles. The lowest BCUT2D eigenvalue weighted by atomic mass is 10.2. The summed E-state index contributed by atoms with van der Waals surface area (Å²) in [6, 6.07) is 14.7. The van der Waals surface area contributed by atoms with E-state index in [2.05, 4.69) is 15.4 Å². The Morgan fingerprint density at radius 3 is 2.00 bits per heavy atom. The van der Waals surface area contributed by atoms with Gasteiger partial charge in [-0.15, -0.1) is 0 Å². The van der Waals surface area contributed by atoms with Crippen LogP contribution in [0.25, 0.3) is 0 Å². The van der Waals surface area contributed by atoms with Crippen LogP contribution < -0.4 is 15.4 Å². The number of hydrogen-bond donors (Lipinski definition) is 3. The van der Waals surface area contributed by atoms with E-state index < -0.39 is 10.0 Å². The van der Waals surface area contributed by atoms with Crippen molar-refractivity contribution in [3.05, 3.63) is 54.6 Å². The molecule has 3 amide bonds. The number of sulfonamides is 1. The molecule has 1 saturated heterocycles. The molecule has 1 aliphatic heterocycles. The predicted molar refractivity (Wildman–Crippen MR) is 120 cm³/mol. The monoisotopic (exact) mass is 444 g/mol. The highest BCUT2D eigenvalue weighted by Crippen LogP contribution is 2.16. The van der Waals surface area contributed by atoms with Crippen molar-refractivity contribution in [2.75, 3.05) is 30.3 Å². The molecule has 0 bridgehead atoms. The van der Waals surface area contributed by atoms with Crippen molar-refractivity contribution in [3.8, 4) is 0 Å². The minimum atomic E-state index is -3.63. The van der Waals surface area contributed by atoms with E-state index in [4.69, 9.17) is 0 Å². The van der Waals surface area contributed by atoms with Crippen molar-refractivity contribution in [3.63, 3.8) is 0 Å². The molecule has 0 aromatic heterocycles. The maximum Gasteiger partial charge on any atom is 0.321 e. The Labute approximate surface area is 183 Å². The average Bonchev–Trinajstić information content (AvgIpc) is 3.05. The van der Waals surface area contributed by atoms with Crippen LogP contribution in [0.1, 0.15) is 32.1 Å². The molecule has 0 aliphatic carbocycles. The molecule has 9 heteroatoms. The van der Waals surface area contributed by atoms with Crippen LogP contribution >= 0.6 is 0 Å². The summed E-state index contributed by atoms with van der Waals surface area (Å²) in [5.74, 6) is -0.308. The number of carbonyl (C=O) groups excluding carboxylic acids is 2. The van der Waals surface area contributed by atoms with Crippen LogP contribution in [0.3, 0.4) is 0 Å². The Hall–Kier alpha value is -2.91. The van der Waals surface area contributed by atoms with E-state index in [1.807, 2.05) is 4.90 Å². The summed E-state index contributed by atoms with van der Waals surface area (Å²) in [5, 5.41) is 5.61. The molecule has 166 valence electrons. The smallest absolute Gasteiger partial charge is 0.321 e. The molecule has 0 saturated carbocycles. The molecular weight excluding hydrogens is 416 g/mol. The Kier molecular flexibility index (Phi) is 8.02. The number of likely N-dealkylation sites (tertiary alicyclic amines) is 1. The van der Waals surface area contributed by atoms with Gasteiger partial charge in [-0.3, -0.25) is 4.79 Å². The highest BCUT2D eigenvalue weighted by molar-refractivity contribution is 7.89. The van der Waals surface area contributed by atoms with Crippen LogP contribution in [-0.2, 0) is 14.8 Å². The minimum absolute atomic E-state index is 0.000485. The van der Waals surface area contributed by atoms with Crippen LogP contribution in [0.2, 0.25) is 0 Å². The zero-order valence-electron chi connectivity index (χ0n) is 17.3. The fourth-order valence-electron chi connectivity index (χ4n) is 3.32. The van der Waals surface area contributed by atoms with Crippen molar-refractivity contribution >= 4 is 33.3 Å². The molecule has 0 atom stereocenters. The van der Waals surface area contributed by atoms with E-state index in [1.54, 1.807) is 42.5 Å². The largest absolute Gasteiger partial charge is 0.326 e. The van der Waals surface area contributed by atoms with E-state index >= 15 is 0 Å². The Bertz CT molecular complexity index is 970. The number of rotatable bonds is 7. The number of nitrogens with zero attached hydrogens (tertiary/aromatic N) is 1. The Morgan fingerprint density at radius 1 is 0.806 bits per heavy atom. The first-order valence-electron chi connectivity index (χ1n) is 10.4. The summed E-state index contributed by atoms with van der Waals surface area (Å²) in [6.07, 6.45) is 4.37. The fraction of sp³-hybridized carbons (Fsp3) is 0.364. The van der Waals surface area contributed by atoms with Crippen LogP contribution in [0.5, 0.6) is 0 Å². The van der Waals surface area contributed by atoms with Gasteiger partial charge >= 0.3 is 6.03 Å². The summed E-state index contributed by atoms with van der Waals surface area (Å²) >= 11 is 0. The van der Waals surface area contributed by atoms with Gasteiger partial charge < -0.3 is 15.5 Å². The third-order valence-electron chi connectivity index (χ3n) is 5.01. The molecule has 3 N–H and O–H groups in total. The molecule has 8 nitrogen and oxygen atoms in total. The molecule has 3 rings (SSSR count). The second-order valence-corrected chi connectivity index (χ2v) is 9.18. The predicted octanol–water partition coefficient (Wildman–Crippen LogP) is 3.40. The Morgan fingerprint density at radius 2 is 1.39 bits per heavy atom. The summed E-state index contributed by atoms with van der Waals surface area (Å²) in [4.78, 5) is 26.5. The number of urea groups is 1. The molecule has 1 fully saturated rings. The highest BCUT2D eigenvalue weighted by Gasteiger charge is 2.16. The lowest BCUT2D eigenvalue weighted by molar-refractivity contribution is -0.116. The second kappa shape index (κ2) is 10.9. The SMILES string of the molecule is O=C(CCNS(=O)(=O)c1ccccc1)Nc1ccc(NC(=O)N2CCCCCC2)cc1. The van der Waals surface area contributed by atoms with E-state index in [9.17, 15) is 18.0 Å². The molecular formula is C22H28N4O4S. The number of anilines is 2. The van der Waals surface area contributed by atoms with Crippen molar-refractivity contribution in [1.29, 1.82) is 0 Å². The number of nitrogens with one attached hydrogen (secondary N) is 3. The van der Waals surface area contributed by atoms with Gasteiger partial charge in [0.15, 0.2) is 0 Å². The molecule has 31 heavy (non-hydrogen) atoms. The number of carbonyl (C=O) groups is 2.